The number of amides is 1. The van der Waals surface area contributed by atoms with Crippen molar-refractivity contribution in [1.29, 1.82) is 0 Å². The SMILES string of the molecule is O=C(NCCOc1ccccc1)c1csc(Oc2ccccc2)n1. The number of hydrogen-bond acceptors (Lipinski definition) is 5. The molecular weight excluding hydrogens is 324 g/mol. The second-order valence-electron chi connectivity index (χ2n) is 4.83. The summed E-state index contributed by atoms with van der Waals surface area (Å²) in [5.74, 6) is 1.22. The molecule has 0 radical (unpaired) electrons. The monoisotopic (exact) mass is 340 g/mol. The van der Waals surface area contributed by atoms with Gasteiger partial charge in [0.25, 0.3) is 11.1 Å². The van der Waals surface area contributed by atoms with E-state index >= 15 is 0 Å². The third kappa shape index (κ3) is 4.57. The van der Waals surface area contributed by atoms with Crippen LogP contribution in [-0.4, -0.2) is 24.0 Å². The molecule has 1 aromatic heterocycles. The Labute approximate surface area is 143 Å². The van der Waals surface area contributed by atoms with Crippen LogP contribution in [0.25, 0.3) is 0 Å². The van der Waals surface area contributed by atoms with E-state index in [4.69, 9.17) is 9.47 Å². The molecule has 6 heteroatoms. The molecule has 0 aliphatic carbocycles. The van der Waals surface area contributed by atoms with Gasteiger partial charge in [-0.25, -0.2) is 0 Å². The number of para-hydroxylation sites is 2. The molecule has 3 aromatic rings. The Balaban J connectivity index is 1.45. The fourth-order valence-electron chi connectivity index (χ4n) is 1.94. The van der Waals surface area contributed by atoms with E-state index in [-0.39, 0.29) is 5.91 Å². The van der Waals surface area contributed by atoms with Gasteiger partial charge in [-0.3, -0.25) is 4.79 Å². The minimum absolute atomic E-state index is 0.245. The summed E-state index contributed by atoms with van der Waals surface area (Å²) in [7, 11) is 0. The van der Waals surface area contributed by atoms with E-state index in [0.29, 0.717) is 29.8 Å². The summed E-state index contributed by atoms with van der Waals surface area (Å²) >= 11 is 1.28. The summed E-state index contributed by atoms with van der Waals surface area (Å²) in [4.78, 5) is 16.2. The van der Waals surface area contributed by atoms with Gasteiger partial charge in [0.2, 0.25) is 0 Å². The largest absolute Gasteiger partial charge is 0.492 e. The quantitative estimate of drug-likeness (QED) is 0.666. The van der Waals surface area contributed by atoms with Gasteiger partial charge in [-0.05, 0) is 24.3 Å². The first kappa shape index (κ1) is 16.0. The smallest absolute Gasteiger partial charge is 0.279 e. The number of nitrogens with one attached hydrogen (secondary N) is 1. The number of carbonyl (C=O) groups excluding carboxylic acids is 1. The third-order valence-electron chi connectivity index (χ3n) is 3.06. The average molecular weight is 340 g/mol. The molecule has 0 spiro atoms. The maximum atomic E-state index is 12.0. The highest BCUT2D eigenvalue weighted by molar-refractivity contribution is 7.11. The molecule has 0 aliphatic rings. The maximum absolute atomic E-state index is 12.0. The summed E-state index contributed by atoms with van der Waals surface area (Å²) in [6, 6.07) is 18.8. The number of thiazole rings is 1. The van der Waals surface area contributed by atoms with Crippen LogP contribution < -0.4 is 14.8 Å². The minimum Gasteiger partial charge on any atom is -0.492 e. The van der Waals surface area contributed by atoms with Crippen molar-refractivity contribution in [3.63, 3.8) is 0 Å². The van der Waals surface area contributed by atoms with E-state index in [2.05, 4.69) is 10.3 Å². The lowest BCUT2D eigenvalue weighted by Gasteiger charge is -2.06. The fourth-order valence-corrected chi connectivity index (χ4v) is 2.61. The zero-order chi connectivity index (χ0) is 16.6. The van der Waals surface area contributed by atoms with Gasteiger partial charge in [-0.1, -0.05) is 47.7 Å². The first-order valence-corrected chi connectivity index (χ1v) is 8.34. The normalized spacial score (nSPS) is 10.2. The molecule has 3 rings (SSSR count). The van der Waals surface area contributed by atoms with Gasteiger partial charge in [-0.15, -0.1) is 0 Å². The van der Waals surface area contributed by atoms with Crippen LogP contribution in [0.3, 0.4) is 0 Å². The van der Waals surface area contributed by atoms with E-state index in [1.54, 1.807) is 5.38 Å². The van der Waals surface area contributed by atoms with Crippen molar-refractivity contribution in [2.75, 3.05) is 13.2 Å². The van der Waals surface area contributed by atoms with Gasteiger partial charge < -0.3 is 14.8 Å². The first-order chi connectivity index (χ1) is 11.8. The van der Waals surface area contributed by atoms with Gasteiger partial charge in [-0.2, -0.15) is 4.98 Å². The predicted octanol–water partition coefficient (Wildman–Crippen LogP) is 3.74. The van der Waals surface area contributed by atoms with Gasteiger partial charge in [0, 0.05) is 5.38 Å². The Morgan fingerprint density at radius 2 is 1.67 bits per heavy atom. The molecular formula is C18H16N2O3S. The Morgan fingerprint density at radius 1 is 1.00 bits per heavy atom. The number of carbonyl (C=O) groups is 1. The number of nitrogens with zero attached hydrogens (tertiary/aromatic N) is 1. The highest BCUT2D eigenvalue weighted by Crippen LogP contribution is 2.24. The highest BCUT2D eigenvalue weighted by atomic mass is 32.1. The van der Waals surface area contributed by atoms with E-state index in [0.717, 1.165) is 5.75 Å². The van der Waals surface area contributed by atoms with Crippen LogP contribution >= 0.6 is 11.3 Å². The second-order valence-corrected chi connectivity index (χ2v) is 5.65. The molecule has 0 atom stereocenters. The van der Waals surface area contributed by atoms with Crippen molar-refractivity contribution in [1.82, 2.24) is 10.3 Å². The Bertz CT molecular complexity index is 775. The van der Waals surface area contributed by atoms with Crippen LogP contribution in [0, 0.1) is 0 Å². The molecule has 0 saturated carbocycles. The van der Waals surface area contributed by atoms with Crippen molar-refractivity contribution < 1.29 is 14.3 Å². The predicted molar refractivity (Wildman–Crippen MR) is 92.9 cm³/mol. The van der Waals surface area contributed by atoms with E-state index < -0.39 is 0 Å². The fraction of sp³-hybridized carbons (Fsp3) is 0.111. The number of ether oxygens (including phenoxy) is 2. The molecule has 2 aromatic carbocycles. The molecule has 1 amide bonds. The Hall–Kier alpha value is -2.86. The molecule has 0 aliphatic heterocycles. The minimum atomic E-state index is -0.245. The number of benzene rings is 2. The lowest BCUT2D eigenvalue weighted by molar-refractivity contribution is 0.0942. The molecule has 0 unspecified atom stereocenters. The molecule has 5 nitrogen and oxygen atoms in total. The molecule has 0 saturated heterocycles. The maximum Gasteiger partial charge on any atom is 0.279 e. The topological polar surface area (TPSA) is 60.5 Å². The van der Waals surface area contributed by atoms with Crippen LogP contribution in [0.1, 0.15) is 10.5 Å². The zero-order valence-corrected chi connectivity index (χ0v) is 13.7. The summed E-state index contributed by atoms with van der Waals surface area (Å²) in [5, 5.41) is 4.88. The number of hydrogen-bond donors (Lipinski definition) is 1. The van der Waals surface area contributed by atoms with Crippen LogP contribution in [0.15, 0.2) is 66.0 Å². The molecule has 0 bridgehead atoms. The van der Waals surface area contributed by atoms with Gasteiger partial charge in [0.05, 0.1) is 6.54 Å². The van der Waals surface area contributed by atoms with Crippen molar-refractivity contribution in [2.45, 2.75) is 0 Å². The summed E-state index contributed by atoms with van der Waals surface area (Å²) in [6.45, 7) is 0.799. The molecule has 24 heavy (non-hydrogen) atoms. The molecule has 1 N–H and O–H groups in total. The van der Waals surface area contributed by atoms with Crippen molar-refractivity contribution in [3.8, 4) is 16.7 Å². The first-order valence-electron chi connectivity index (χ1n) is 7.46. The van der Waals surface area contributed by atoms with Crippen LogP contribution in [0.4, 0.5) is 0 Å². The zero-order valence-electron chi connectivity index (χ0n) is 12.8. The molecule has 122 valence electrons. The van der Waals surface area contributed by atoms with Crippen molar-refractivity contribution in [2.24, 2.45) is 0 Å². The van der Waals surface area contributed by atoms with E-state index in [1.165, 1.54) is 11.3 Å². The number of aromatic nitrogens is 1. The van der Waals surface area contributed by atoms with Crippen LogP contribution in [0.5, 0.6) is 16.7 Å². The second kappa shape index (κ2) is 8.12. The highest BCUT2D eigenvalue weighted by Gasteiger charge is 2.11. The summed E-state index contributed by atoms with van der Waals surface area (Å²) < 4.78 is 11.1. The van der Waals surface area contributed by atoms with Crippen LogP contribution in [0.2, 0.25) is 0 Å². The van der Waals surface area contributed by atoms with E-state index in [9.17, 15) is 4.79 Å². The van der Waals surface area contributed by atoms with Crippen molar-refractivity contribution in [3.05, 3.63) is 71.7 Å². The third-order valence-corrected chi connectivity index (χ3v) is 3.78. The standard InChI is InChI=1S/C18H16N2O3S/c21-17(19-11-12-22-14-7-3-1-4-8-14)16-13-24-18(20-16)23-15-9-5-2-6-10-15/h1-10,13H,11-12H2,(H,19,21). The van der Waals surface area contributed by atoms with Gasteiger partial charge in [0.15, 0.2) is 0 Å². The lowest BCUT2D eigenvalue weighted by atomic mass is 10.3. The Morgan fingerprint density at radius 3 is 2.38 bits per heavy atom. The van der Waals surface area contributed by atoms with Crippen molar-refractivity contribution >= 4 is 17.2 Å². The Kier molecular flexibility index (Phi) is 5.42. The summed E-state index contributed by atoms with van der Waals surface area (Å²) in [5.41, 5.74) is 0.339. The van der Waals surface area contributed by atoms with Gasteiger partial charge >= 0.3 is 0 Å². The molecule has 0 fully saturated rings. The average Bonchev–Trinajstić information content (AvgIpc) is 3.09. The summed E-state index contributed by atoms with van der Waals surface area (Å²) in [6.07, 6.45) is 0. The van der Waals surface area contributed by atoms with E-state index in [1.807, 2.05) is 60.7 Å². The number of rotatable bonds is 7. The van der Waals surface area contributed by atoms with Crippen LogP contribution in [-0.2, 0) is 0 Å². The lowest BCUT2D eigenvalue weighted by Crippen LogP contribution is -2.28. The molecule has 1 heterocycles. The van der Waals surface area contributed by atoms with Gasteiger partial charge in [0.1, 0.15) is 23.8 Å².